The molecule has 1 N–H and O–H groups in total. The monoisotopic (exact) mass is 412 g/mol. The molecule has 0 spiro atoms. The van der Waals surface area contributed by atoms with Crippen molar-refractivity contribution in [2.75, 3.05) is 50.7 Å². The van der Waals surface area contributed by atoms with Crippen LogP contribution in [0.25, 0.3) is 0 Å². The van der Waals surface area contributed by atoms with Crippen LogP contribution in [0.1, 0.15) is 23.6 Å². The predicted octanol–water partition coefficient (Wildman–Crippen LogP) is 3.93. The van der Waals surface area contributed by atoms with Crippen LogP contribution < -0.4 is 10.2 Å². The maximum absolute atomic E-state index is 12.3. The Bertz CT molecular complexity index is 850. The van der Waals surface area contributed by atoms with E-state index in [-0.39, 0.29) is 12.1 Å². The van der Waals surface area contributed by atoms with Crippen LogP contribution in [0.3, 0.4) is 0 Å². The van der Waals surface area contributed by atoms with Gasteiger partial charge in [-0.05, 0) is 55.3 Å². The minimum absolute atomic E-state index is 0.0271. The van der Waals surface area contributed by atoms with Crippen LogP contribution in [0.4, 0.5) is 10.5 Å². The van der Waals surface area contributed by atoms with Gasteiger partial charge in [0.1, 0.15) is 0 Å². The molecule has 2 aromatic carbocycles. The normalized spacial score (nSPS) is 20.2. The van der Waals surface area contributed by atoms with Gasteiger partial charge >= 0.3 is 6.03 Å². The van der Waals surface area contributed by atoms with Crippen LogP contribution in [0.15, 0.2) is 48.5 Å². The number of rotatable bonds is 6. The zero-order valence-electron chi connectivity index (χ0n) is 17.0. The van der Waals surface area contributed by atoms with Crippen molar-refractivity contribution in [3.63, 3.8) is 0 Å². The molecule has 1 unspecified atom stereocenters. The highest BCUT2D eigenvalue weighted by Crippen LogP contribution is 2.27. The molecule has 2 amide bonds. The molecule has 5 nitrogen and oxygen atoms in total. The Balaban J connectivity index is 1.26. The maximum Gasteiger partial charge on any atom is 0.318 e. The molecule has 1 atom stereocenters. The second kappa shape index (κ2) is 9.06. The number of hydrogen-bond acceptors (Lipinski definition) is 3. The first-order valence-electron chi connectivity index (χ1n) is 10.4. The third kappa shape index (κ3) is 4.85. The number of amides is 2. The predicted molar refractivity (Wildman–Crippen MR) is 119 cm³/mol. The van der Waals surface area contributed by atoms with Gasteiger partial charge in [-0.25, -0.2) is 4.79 Å². The summed E-state index contributed by atoms with van der Waals surface area (Å²) in [4.78, 5) is 19.2. The van der Waals surface area contributed by atoms with Gasteiger partial charge in [-0.2, -0.15) is 0 Å². The molecule has 6 heteroatoms. The van der Waals surface area contributed by atoms with Gasteiger partial charge in [-0.3, -0.25) is 4.90 Å². The molecule has 2 saturated heterocycles. The molecule has 0 aliphatic carbocycles. The zero-order chi connectivity index (χ0) is 20.2. The summed E-state index contributed by atoms with van der Waals surface area (Å²) in [5.74, 6) is 0. The highest BCUT2D eigenvalue weighted by molar-refractivity contribution is 6.30. The summed E-state index contributed by atoms with van der Waals surface area (Å²) in [7, 11) is 0. The molecular weight excluding hydrogens is 384 g/mol. The van der Waals surface area contributed by atoms with Gasteiger partial charge in [0.05, 0.1) is 6.04 Å². The number of halogens is 1. The standard InChI is InChI=1S/C23H29ClN4O/c1-18-5-2-8-21(15-18)27-13-11-26(12-14-27)9-4-10-28-22(17-25-23(28)29)19-6-3-7-20(24)16-19/h2-3,5-8,15-16,22H,4,9-14,17H2,1H3,(H,25,29). The number of nitrogens with zero attached hydrogens (tertiary/aromatic N) is 3. The molecule has 154 valence electrons. The quantitative estimate of drug-likeness (QED) is 0.781. The van der Waals surface area contributed by atoms with Crippen molar-refractivity contribution in [2.24, 2.45) is 0 Å². The summed E-state index contributed by atoms with van der Waals surface area (Å²) in [5, 5.41) is 3.69. The first-order valence-corrected chi connectivity index (χ1v) is 10.8. The van der Waals surface area contributed by atoms with E-state index in [0.717, 1.165) is 51.3 Å². The van der Waals surface area contributed by atoms with E-state index in [0.29, 0.717) is 11.6 Å². The summed E-state index contributed by atoms with van der Waals surface area (Å²) in [5.41, 5.74) is 3.73. The Morgan fingerprint density at radius 2 is 1.83 bits per heavy atom. The van der Waals surface area contributed by atoms with Crippen molar-refractivity contribution in [1.82, 2.24) is 15.1 Å². The average molecular weight is 413 g/mol. The van der Waals surface area contributed by atoms with Gasteiger partial charge in [0, 0.05) is 50.0 Å². The SMILES string of the molecule is Cc1cccc(N2CCN(CCCN3C(=O)NCC3c3cccc(Cl)c3)CC2)c1. The lowest BCUT2D eigenvalue weighted by molar-refractivity contribution is 0.193. The molecule has 0 saturated carbocycles. The van der Waals surface area contributed by atoms with Gasteiger partial charge in [0.25, 0.3) is 0 Å². The number of piperazine rings is 1. The van der Waals surface area contributed by atoms with Crippen LogP contribution in [-0.2, 0) is 0 Å². The molecule has 2 aliphatic heterocycles. The van der Waals surface area contributed by atoms with Gasteiger partial charge in [0.15, 0.2) is 0 Å². The van der Waals surface area contributed by atoms with Gasteiger partial charge in [-0.1, -0.05) is 35.9 Å². The third-order valence-electron chi connectivity index (χ3n) is 5.93. The fraction of sp³-hybridized carbons (Fsp3) is 0.435. The summed E-state index contributed by atoms with van der Waals surface area (Å²) in [6, 6.07) is 16.7. The van der Waals surface area contributed by atoms with Crippen LogP contribution in [-0.4, -0.2) is 61.6 Å². The minimum Gasteiger partial charge on any atom is -0.369 e. The number of carbonyl (C=O) groups excluding carboxylic acids is 1. The summed E-state index contributed by atoms with van der Waals surface area (Å²) in [6.45, 7) is 8.82. The van der Waals surface area contributed by atoms with Crippen molar-refractivity contribution < 1.29 is 4.79 Å². The molecular formula is C23H29ClN4O. The Morgan fingerprint density at radius 3 is 2.59 bits per heavy atom. The van der Waals surface area contributed by atoms with Crippen molar-refractivity contribution in [3.05, 3.63) is 64.7 Å². The van der Waals surface area contributed by atoms with Crippen molar-refractivity contribution >= 4 is 23.3 Å². The second-order valence-electron chi connectivity index (χ2n) is 7.97. The Kier molecular flexibility index (Phi) is 6.26. The molecule has 0 radical (unpaired) electrons. The molecule has 29 heavy (non-hydrogen) atoms. The molecule has 2 fully saturated rings. The van der Waals surface area contributed by atoms with Crippen molar-refractivity contribution in [3.8, 4) is 0 Å². The van der Waals surface area contributed by atoms with E-state index in [2.05, 4.69) is 46.3 Å². The fourth-order valence-corrected chi connectivity index (χ4v) is 4.52. The Labute approximate surface area is 178 Å². The number of benzene rings is 2. The first-order chi connectivity index (χ1) is 14.1. The number of carbonyl (C=O) groups is 1. The highest BCUT2D eigenvalue weighted by Gasteiger charge is 2.31. The Hall–Kier alpha value is -2.24. The lowest BCUT2D eigenvalue weighted by Gasteiger charge is -2.36. The third-order valence-corrected chi connectivity index (χ3v) is 6.16. The van der Waals surface area contributed by atoms with Gasteiger partial charge in [0.2, 0.25) is 0 Å². The van der Waals surface area contributed by atoms with E-state index < -0.39 is 0 Å². The van der Waals surface area contributed by atoms with Crippen LogP contribution in [0.5, 0.6) is 0 Å². The van der Waals surface area contributed by atoms with Gasteiger partial charge < -0.3 is 15.1 Å². The molecule has 2 aromatic rings. The number of anilines is 1. The Morgan fingerprint density at radius 1 is 1.03 bits per heavy atom. The fourth-order valence-electron chi connectivity index (χ4n) is 4.33. The van der Waals surface area contributed by atoms with Crippen molar-refractivity contribution in [1.29, 1.82) is 0 Å². The largest absolute Gasteiger partial charge is 0.369 e. The number of urea groups is 1. The number of aryl methyl sites for hydroxylation is 1. The molecule has 0 aromatic heterocycles. The van der Waals surface area contributed by atoms with Crippen LogP contribution in [0, 0.1) is 6.92 Å². The number of hydrogen-bond donors (Lipinski definition) is 1. The minimum atomic E-state index is 0.0271. The van der Waals surface area contributed by atoms with Gasteiger partial charge in [-0.15, -0.1) is 0 Å². The zero-order valence-corrected chi connectivity index (χ0v) is 17.7. The van der Waals surface area contributed by atoms with E-state index in [1.165, 1.54) is 11.3 Å². The lowest BCUT2D eigenvalue weighted by Crippen LogP contribution is -2.47. The van der Waals surface area contributed by atoms with E-state index in [4.69, 9.17) is 11.6 Å². The topological polar surface area (TPSA) is 38.8 Å². The van der Waals surface area contributed by atoms with E-state index in [1.54, 1.807) is 0 Å². The van der Waals surface area contributed by atoms with E-state index >= 15 is 0 Å². The average Bonchev–Trinajstić information content (AvgIpc) is 3.09. The summed E-state index contributed by atoms with van der Waals surface area (Å²) >= 11 is 6.14. The van der Waals surface area contributed by atoms with Crippen LogP contribution >= 0.6 is 11.6 Å². The maximum atomic E-state index is 12.3. The van der Waals surface area contributed by atoms with E-state index in [9.17, 15) is 4.79 Å². The smallest absolute Gasteiger partial charge is 0.318 e. The van der Waals surface area contributed by atoms with Crippen molar-refractivity contribution in [2.45, 2.75) is 19.4 Å². The second-order valence-corrected chi connectivity index (χ2v) is 8.41. The van der Waals surface area contributed by atoms with E-state index in [1.807, 2.05) is 29.2 Å². The molecule has 0 bridgehead atoms. The lowest BCUT2D eigenvalue weighted by atomic mass is 10.1. The molecule has 2 aliphatic rings. The highest BCUT2D eigenvalue weighted by atomic mass is 35.5. The first kappa shape index (κ1) is 20.0. The summed E-state index contributed by atoms with van der Waals surface area (Å²) < 4.78 is 0. The summed E-state index contributed by atoms with van der Waals surface area (Å²) in [6.07, 6.45) is 0.981. The van der Waals surface area contributed by atoms with Crippen LogP contribution in [0.2, 0.25) is 5.02 Å². The molecule has 2 heterocycles. The number of nitrogens with one attached hydrogen (secondary N) is 1. The molecule has 4 rings (SSSR count).